The molecule has 0 saturated carbocycles. The number of primary sulfonamides is 1. The minimum atomic E-state index is -3.74. The second-order valence-electron chi connectivity index (χ2n) is 5.06. The van der Waals surface area contributed by atoms with Crippen LogP contribution in [0, 0.1) is 6.92 Å². The van der Waals surface area contributed by atoms with Crippen LogP contribution >= 0.6 is 0 Å². The van der Waals surface area contributed by atoms with Gasteiger partial charge < -0.3 is 10.1 Å². The van der Waals surface area contributed by atoms with E-state index in [9.17, 15) is 13.5 Å². The summed E-state index contributed by atoms with van der Waals surface area (Å²) in [5, 5.41) is 23.9. The quantitative estimate of drug-likeness (QED) is 0.639. The van der Waals surface area contributed by atoms with Gasteiger partial charge in [-0.1, -0.05) is 18.2 Å². The predicted molar refractivity (Wildman–Crippen MR) is 86.7 cm³/mol. The monoisotopic (exact) mass is 330 g/mol. The third-order valence-electron chi connectivity index (χ3n) is 3.43. The lowest BCUT2D eigenvalue weighted by atomic mass is 10.1. The number of nitrogens with two attached hydrogens (primary N) is 1. The molecule has 0 fully saturated rings. The maximum absolute atomic E-state index is 11.2. The van der Waals surface area contributed by atoms with Crippen LogP contribution in [0.15, 0.2) is 57.6 Å². The zero-order valence-electron chi connectivity index (χ0n) is 12.2. The molecule has 0 amide bonds. The van der Waals surface area contributed by atoms with Gasteiger partial charge in [0.25, 0.3) is 0 Å². The molecular weight excluding hydrogens is 316 g/mol. The number of azo groups is 1. The number of nitrogens with one attached hydrogen (secondary N) is 1. The summed E-state index contributed by atoms with van der Waals surface area (Å²) in [4.78, 5) is 2.87. The third-order valence-corrected chi connectivity index (χ3v) is 4.36. The number of hydrogen-bond donors (Lipinski definition) is 3. The van der Waals surface area contributed by atoms with Crippen LogP contribution < -0.4 is 5.14 Å². The second-order valence-corrected chi connectivity index (χ2v) is 6.62. The normalized spacial score (nSPS) is 12.3. The molecule has 7 nitrogen and oxygen atoms in total. The first-order valence-electron chi connectivity index (χ1n) is 6.71. The van der Waals surface area contributed by atoms with E-state index < -0.39 is 10.0 Å². The Balaban J connectivity index is 1.97. The van der Waals surface area contributed by atoms with Gasteiger partial charge in [0.2, 0.25) is 15.9 Å². The van der Waals surface area contributed by atoms with E-state index in [4.69, 9.17) is 5.14 Å². The first kappa shape index (κ1) is 15.2. The highest BCUT2D eigenvalue weighted by Gasteiger charge is 2.11. The Morgan fingerprint density at radius 2 is 1.78 bits per heavy atom. The van der Waals surface area contributed by atoms with E-state index >= 15 is 0 Å². The van der Waals surface area contributed by atoms with Crippen LogP contribution in [0.3, 0.4) is 0 Å². The van der Waals surface area contributed by atoms with Crippen molar-refractivity contribution < 1.29 is 13.5 Å². The van der Waals surface area contributed by atoms with Crippen molar-refractivity contribution in [1.29, 1.82) is 0 Å². The molecule has 0 aliphatic carbocycles. The molecular formula is C15H14N4O3S. The van der Waals surface area contributed by atoms with Gasteiger partial charge in [-0.15, -0.1) is 5.11 Å². The highest BCUT2D eigenvalue weighted by molar-refractivity contribution is 7.89. The lowest BCUT2D eigenvalue weighted by molar-refractivity contribution is 0.459. The fraction of sp³-hybridized carbons (Fsp3) is 0.0667. The highest BCUT2D eigenvalue weighted by Crippen LogP contribution is 2.37. The number of benzene rings is 2. The second kappa shape index (κ2) is 5.49. The number of aryl methyl sites for hydroxylation is 1. The Labute approximate surface area is 132 Å². The molecule has 0 bridgehead atoms. The van der Waals surface area contributed by atoms with Crippen molar-refractivity contribution in [3.05, 3.63) is 48.0 Å². The van der Waals surface area contributed by atoms with Crippen molar-refractivity contribution in [1.82, 2.24) is 4.98 Å². The third kappa shape index (κ3) is 2.94. The fourth-order valence-electron chi connectivity index (χ4n) is 2.25. The van der Waals surface area contributed by atoms with Crippen molar-refractivity contribution >= 4 is 32.3 Å². The smallest absolute Gasteiger partial charge is 0.238 e. The van der Waals surface area contributed by atoms with Crippen LogP contribution in [0.2, 0.25) is 0 Å². The molecule has 4 N–H and O–H groups in total. The molecule has 1 heterocycles. The van der Waals surface area contributed by atoms with E-state index in [1.165, 1.54) is 24.3 Å². The number of aromatic amines is 1. The zero-order valence-corrected chi connectivity index (χ0v) is 13.0. The number of H-pyrrole nitrogens is 1. The molecule has 0 aliphatic heterocycles. The number of aromatic hydroxyl groups is 1. The van der Waals surface area contributed by atoms with Crippen LogP contribution in [0.4, 0.5) is 11.4 Å². The Hall–Kier alpha value is -2.71. The molecule has 118 valence electrons. The molecule has 0 saturated heterocycles. The molecule has 3 aromatic rings. The number of hydrogen-bond acceptors (Lipinski definition) is 5. The van der Waals surface area contributed by atoms with Gasteiger partial charge in [-0.2, -0.15) is 5.11 Å². The number of aromatic nitrogens is 1. The molecule has 8 heteroatoms. The van der Waals surface area contributed by atoms with Crippen molar-refractivity contribution in [2.24, 2.45) is 15.4 Å². The summed E-state index contributed by atoms with van der Waals surface area (Å²) < 4.78 is 22.4. The van der Waals surface area contributed by atoms with Crippen molar-refractivity contribution in [3.8, 4) is 5.88 Å². The molecule has 0 unspecified atom stereocenters. The Morgan fingerprint density at radius 3 is 2.43 bits per heavy atom. The summed E-state index contributed by atoms with van der Waals surface area (Å²) >= 11 is 0. The molecule has 1 aromatic heterocycles. The first-order chi connectivity index (χ1) is 10.9. The topological polar surface area (TPSA) is 121 Å². The maximum Gasteiger partial charge on any atom is 0.238 e. The van der Waals surface area contributed by atoms with Gasteiger partial charge in [0, 0.05) is 5.39 Å². The van der Waals surface area contributed by atoms with Crippen LogP contribution in [-0.2, 0) is 10.0 Å². The van der Waals surface area contributed by atoms with Crippen molar-refractivity contribution in [3.63, 3.8) is 0 Å². The van der Waals surface area contributed by atoms with Gasteiger partial charge in [0.05, 0.1) is 16.1 Å². The Morgan fingerprint density at radius 1 is 1.09 bits per heavy atom. The standard InChI is InChI=1S/C15H14N4O3S/c1-9-3-2-4-12-13(9)17-15(20)14(12)19-18-10-5-7-11(8-6-10)23(16,21)22/h2-8,17,20H,1H3,(H2,16,21,22). The van der Waals surface area contributed by atoms with Gasteiger partial charge in [-0.3, -0.25) is 0 Å². The minimum absolute atomic E-state index is 0.00187. The largest absolute Gasteiger partial charge is 0.493 e. The van der Waals surface area contributed by atoms with Gasteiger partial charge in [-0.05, 0) is 36.8 Å². The van der Waals surface area contributed by atoms with Crippen LogP contribution in [0.5, 0.6) is 5.88 Å². The summed E-state index contributed by atoms with van der Waals surface area (Å²) in [6.07, 6.45) is 0. The summed E-state index contributed by atoms with van der Waals surface area (Å²) in [6, 6.07) is 11.3. The van der Waals surface area contributed by atoms with Gasteiger partial charge in [0.1, 0.15) is 0 Å². The van der Waals surface area contributed by atoms with E-state index in [0.29, 0.717) is 11.4 Å². The summed E-state index contributed by atoms with van der Waals surface area (Å²) in [5.74, 6) is -0.0702. The lowest BCUT2D eigenvalue weighted by Gasteiger charge is -1.98. The summed E-state index contributed by atoms with van der Waals surface area (Å²) in [5.41, 5.74) is 2.55. The number of fused-ring (bicyclic) bond motifs is 1. The number of rotatable bonds is 3. The summed E-state index contributed by atoms with van der Waals surface area (Å²) in [7, 11) is -3.74. The average Bonchev–Trinajstić information content (AvgIpc) is 2.82. The molecule has 2 aromatic carbocycles. The highest BCUT2D eigenvalue weighted by atomic mass is 32.2. The minimum Gasteiger partial charge on any atom is -0.493 e. The van der Waals surface area contributed by atoms with E-state index in [0.717, 1.165) is 16.5 Å². The molecule has 0 atom stereocenters. The molecule has 3 rings (SSSR count). The lowest BCUT2D eigenvalue weighted by Crippen LogP contribution is -2.11. The molecule has 0 spiro atoms. The van der Waals surface area contributed by atoms with Gasteiger partial charge in [0.15, 0.2) is 5.69 Å². The van der Waals surface area contributed by atoms with Crippen molar-refractivity contribution in [2.45, 2.75) is 11.8 Å². The van der Waals surface area contributed by atoms with Crippen LogP contribution in [0.1, 0.15) is 5.56 Å². The number of nitrogens with zero attached hydrogens (tertiary/aromatic N) is 2. The zero-order chi connectivity index (χ0) is 16.6. The molecule has 0 aliphatic rings. The van der Waals surface area contributed by atoms with E-state index in [1.807, 2.05) is 25.1 Å². The van der Waals surface area contributed by atoms with E-state index in [1.54, 1.807) is 0 Å². The number of sulfonamides is 1. The summed E-state index contributed by atoms with van der Waals surface area (Å²) in [6.45, 7) is 1.92. The van der Waals surface area contributed by atoms with Gasteiger partial charge >= 0.3 is 0 Å². The van der Waals surface area contributed by atoms with Gasteiger partial charge in [-0.25, -0.2) is 13.6 Å². The van der Waals surface area contributed by atoms with E-state index in [-0.39, 0.29) is 10.8 Å². The van der Waals surface area contributed by atoms with E-state index in [2.05, 4.69) is 15.2 Å². The molecule has 0 radical (unpaired) electrons. The Bertz CT molecular complexity index is 1010. The average molecular weight is 330 g/mol. The number of para-hydroxylation sites is 1. The maximum atomic E-state index is 11.2. The Kier molecular flexibility index (Phi) is 3.63. The van der Waals surface area contributed by atoms with Crippen LogP contribution in [-0.4, -0.2) is 18.5 Å². The first-order valence-corrected chi connectivity index (χ1v) is 8.26. The molecule has 23 heavy (non-hydrogen) atoms. The fourth-order valence-corrected chi connectivity index (χ4v) is 2.76. The SMILES string of the molecule is Cc1cccc2c(N=Nc3ccc(S(N)(=O)=O)cc3)c(O)[nH]c12. The van der Waals surface area contributed by atoms with Crippen LogP contribution in [0.25, 0.3) is 10.9 Å². The van der Waals surface area contributed by atoms with Crippen molar-refractivity contribution in [2.75, 3.05) is 0 Å². The predicted octanol–water partition coefficient (Wildman–Crippen LogP) is 3.24.